The molecule has 0 saturated heterocycles. The molecular formula is C18H36O. The summed E-state index contributed by atoms with van der Waals surface area (Å²) in [5, 5.41) is 0. The van der Waals surface area contributed by atoms with Crippen LogP contribution in [0.2, 0.25) is 0 Å². The van der Waals surface area contributed by atoms with Crippen LogP contribution in [0.5, 0.6) is 0 Å². The predicted octanol–water partition coefficient (Wildman–Crippen LogP) is 6.01. The largest absolute Gasteiger partial charge is 0.300 e. The lowest BCUT2D eigenvalue weighted by Crippen LogP contribution is -2.04. The lowest BCUT2D eigenvalue weighted by Gasteiger charge is -2.16. The van der Waals surface area contributed by atoms with Crippen LogP contribution >= 0.6 is 0 Å². The summed E-state index contributed by atoms with van der Waals surface area (Å²) in [5.74, 6) is 2.85. The van der Waals surface area contributed by atoms with Gasteiger partial charge < -0.3 is 4.79 Å². The highest BCUT2D eigenvalue weighted by molar-refractivity contribution is 5.75. The van der Waals surface area contributed by atoms with Gasteiger partial charge in [0.25, 0.3) is 0 Å². The minimum Gasteiger partial charge on any atom is -0.300 e. The van der Waals surface area contributed by atoms with Gasteiger partial charge in [-0.05, 0) is 31.1 Å². The van der Waals surface area contributed by atoms with E-state index >= 15 is 0 Å². The van der Waals surface area contributed by atoms with Gasteiger partial charge in [0.1, 0.15) is 5.78 Å². The number of carbonyl (C=O) groups excluding carboxylic acids is 1. The number of rotatable bonds is 12. The summed E-state index contributed by atoms with van der Waals surface area (Å²) < 4.78 is 0. The third-order valence-electron chi connectivity index (χ3n) is 4.27. The lowest BCUT2D eigenvalue weighted by molar-refractivity contribution is -0.117. The average molecular weight is 268 g/mol. The molecule has 19 heavy (non-hydrogen) atoms. The van der Waals surface area contributed by atoms with E-state index in [1.807, 2.05) is 0 Å². The van der Waals surface area contributed by atoms with Crippen LogP contribution in [0.25, 0.3) is 0 Å². The fraction of sp³-hybridized carbons (Fsp3) is 0.944. The van der Waals surface area contributed by atoms with E-state index < -0.39 is 0 Å². The van der Waals surface area contributed by atoms with Gasteiger partial charge in [0, 0.05) is 6.42 Å². The van der Waals surface area contributed by atoms with Crippen molar-refractivity contribution in [2.24, 2.45) is 17.8 Å². The summed E-state index contributed by atoms with van der Waals surface area (Å²) >= 11 is 0. The van der Waals surface area contributed by atoms with Crippen LogP contribution < -0.4 is 0 Å². The molecule has 0 bridgehead atoms. The number of carbonyl (C=O) groups is 1. The molecule has 0 aromatic rings. The number of hydrogen-bond acceptors (Lipinski definition) is 1. The first-order valence-electron chi connectivity index (χ1n) is 8.45. The van der Waals surface area contributed by atoms with E-state index in [2.05, 4.69) is 27.7 Å². The second kappa shape index (κ2) is 11.5. The second-order valence-corrected chi connectivity index (χ2v) is 6.88. The molecule has 0 radical (unpaired) electrons. The van der Waals surface area contributed by atoms with Crippen LogP contribution in [0.3, 0.4) is 0 Å². The Labute approximate surface area is 121 Å². The molecule has 114 valence electrons. The quantitative estimate of drug-likeness (QED) is 0.423. The Morgan fingerprint density at radius 2 is 1.47 bits per heavy atom. The normalized spacial score (nSPS) is 14.6. The third kappa shape index (κ3) is 12.4. The maximum atomic E-state index is 11.0. The zero-order chi connectivity index (χ0) is 14.7. The van der Waals surface area contributed by atoms with Crippen molar-refractivity contribution in [3.05, 3.63) is 0 Å². The Morgan fingerprint density at radius 3 is 1.95 bits per heavy atom. The van der Waals surface area contributed by atoms with E-state index in [1.54, 1.807) is 6.92 Å². The molecular weight excluding hydrogens is 232 g/mol. The third-order valence-corrected chi connectivity index (χ3v) is 4.27. The summed E-state index contributed by atoms with van der Waals surface area (Å²) in [6.45, 7) is 11.0. The van der Waals surface area contributed by atoms with Gasteiger partial charge in [0.15, 0.2) is 0 Å². The number of Topliss-reactive ketones (excluding diaryl/α,β-unsaturated/α-hetero) is 1. The van der Waals surface area contributed by atoms with Gasteiger partial charge in [0.05, 0.1) is 0 Å². The zero-order valence-corrected chi connectivity index (χ0v) is 14.0. The van der Waals surface area contributed by atoms with Gasteiger partial charge in [-0.15, -0.1) is 0 Å². The molecule has 2 atom stereocenters. The van der Waals surface area contributed by atoms with Gasteiger partial charge in [-0.25, -0.2) is 0 Å². The molecule has 0 aromatic carbocycles. The molecule has 0 aromatic heterocycles. The van der Waals surface area contributed by atoms with Crippen molar-refractivity contribution >= 4 is 5.78 Å². The summed E-state index contributed by atoms with van der Waals surface area (Å²) in [6.07, 6.45) is 11.3. The minimum absolute atomic E-state index is 0.348. The molecule has 0 aliphatic carbocycles. The van der Waals surface area contributed by atoms with Gasteiger partial charge in [-0.1, -0.05) is 72.6 Å². The van der Waals surface area contributed by atoms with E-state index in [1.165, 1.54) is 44.9 Å². The van der Waals surface area contributed by atoms with E-state index in [4.69, 9.17) is 0 Å². The molecule has 0 rings (SSSR count). The maximum absolute atomic E-state index is 11.0. The van der Waals surface area contributed by atoms with Crippen LogP contribution in [0.15, 0.2) is 0 Å². The topological polar surface area (TPSA) is 17.1 Å². The molecule has 0 heterocycles. The first-order valence-corrected chi connectivity index (χ1v) is 8.45. The molecule has 0 aliphatic heterocycles. The Morgan fingerprint density at radius 1 is 0.895 bits per heavy atom. The molecule has 0 spiro atoms. The molecule has 0 amide bonds. The molecule has 0 fully saturated rings. The highest BCUT2D eigenvalue weighted by Gasteiger charge is 2.09. The first kappa shape index (κ1) is 18.7. The van der Waals surface area contributed by atoms with Gasteiger partial charge >= 0.3 is 0 Å². The molecule has 1 nitrogen and oxygen atoms in total. The average Bonchev–Trinajstić information content (AvgIpc) is 2.32. The van der Waals surface area contributed by atoms with Crippen molar-refractivity contribution in [2.45, 2.75) is 92.4 Å². The standard InChI is InChI=1S/C18H36O/c1-6-18(14-13-17(5)19)12-8-11-16(4)10-7-9-15(2)3/h15-16,18H,6-14H2,1-5H3. The highest BCUT2D eigenvalue weighted by Crippen LogP contribution is 2.22. The molecule has 0 saturated carbocycles. The van der Waals surface area contributed by atoms with Crippen LogP contribution in [-0.2, 0) is 4.79 Å². The van der Waals surface area contributed by atoms with Crippen LogP contribution in [0.4, 0.5) is 0 Å². The first-order chi connectivity index (χ1) is 8.95. The SMILES string of the molecule is CCC(CCCC(C)CCCC(C)C)CCC(C)=O. The highest BCUT2D eigenvalue weighted by atomic mass is 16.1. The fourth-order valence-electron chi connectivity index (χ4n) is 2.73. The molecule has 1 heteroatoms. The van der Waals surface area contributed by atoms with Crippen molar-refractivity contribution in [1.82, 2.24) is 0 Å². The summed E-state index contributed by atoms with van der Waals surface area (Å²) in [4.78, 5) is 11.0. The Kier molecular flexibility index (Phi) is 11.3. The fourth-order valence-corrected chi connectivity index (χ4v) is 2.73. The van der Waals surface area contributed by atoms with E-state index in [9.17, 15) is 4.79 Å². The second-order valence-electron chi connectivity index (χ2n) is 6.88. The zero-order valence-electron chi connectivity index (χ0n) is 14.0. The van der Waals surface area contributed by atoms with Gasteiger partial charge in [-0.2, -0.15) is 0 Å². The summed E-state index contributed by atoms with van der Waals surface area (Å²) in [7, 11) is 0. The van der Waals surface area contributed by atoms with Crippen LogP contribution in [0, 0.1) is 17.8 Å². The predicted molar refractivity (Wildman–Crippen MR) is 85.4 cm³/mol. The van der Waals surface area contributed by atoms with E-state index in [0.29, 0.717) is 5.78 Å². The van der Waals surface area contributed by atoms with Crippen molar-refractivity contribution in [3.8, 4) is 0 Å². The maximum Gasteiger partial charge on any atom is 0.129 e. The van der Waals surface area contributed by atoms with Crippen LogP contribution in [-0.4, -0.2) is 5.78 Å². The van der Waals surface area contributed by atoms with E-state index in [0.717, 1.165) is 30.6 Å². The lowest BCUT2D eigenvalue weighted by atomic mass is 9.90. The monoisotopic (exact) mass is 268 g/mol. The van der Waals surface area contributed by atoms with Crippen molar-refractivity contribution in [3.63, 3.8) is 0 Å². The number of ketones is 1. The number of hydrogen-bond donors (Lipinski definition) is 0. The van der Waals surface area contributed by atoms with Gasteiger partial charge in [-0.3, -0.25) is 0 Å². The summed E-state index contributed by atoms with van der Waals surface area (Å²) in [5.41, 5.74) is 0. The van der Waals surface area contributed by atoms with Crippen molar-refractivity contribution in [1.29, 1.82) is 0 Å². The molecule has 0 aliphatic rings. The molecule has 2 unspecified atom stereocenters. The summed E-state index contributed by atoms with van der Waals surface area (Å²) in [6, 6.07) is 0. The van der Waals surface area contributed by atoms with Crippen molar-refractivity contribution in [2.75, 3.05) is 0 Å². The van der Waals surface area contributed by atoms with E-state index in [-0.39, 0.29) is 0 Å². The molecule has 0 N–H and O–H groups in total. The van der Waals surface area contributed by atoms with Gasteiger partial charge in [0.2, 0.25) is 0 Å². The Balaban J connectivity index is 3.60. The Hall–Kier alpha value is -0.330. The minimum atomic E-state index is 0.348. The Bertz CT molecular complexity index is 220. The van der Waals surface area contributed by atoms with Crippen LogP contribution in [0.1, 0.15) is 92.4 Å². The smallest absolute Gasteiger partial charge is 0.129 e. The van der Waals surface area contributed by atoms with Crippen molar-refractivity contribution < 1.29 is 4.79 Å².